The summed E-state index contributed by atoms with van der Waals surface area (Å²) in [6.07, 6.45) is 3.29. The number of thioether (sulfide) groups is 1. The van der Waals surface area contributed by atoms with E-state index in [1.165, 1.54) is 11.8 Å². The van der Waals surface area contributed by atoms with Gasteiger partial charge in [0.1, 0.15) is 5.60 Å². The molecular weight excluding hydrogens is 278 g/mol. The first-order valence-electron chi connectivity index (χ1n) is 6.92. The first-order chi connectivity index (χ1) is 9.17. The van der Waals surface area contributed by atoms with Gasteiger partial charge in [-0.2, -0.15) is 11.8 Å². The van der Waals surface area contributed by atoms with E-state index >= 15 is 0 Å². The highest BCUT2D eigenvalue weighted by atomic mass is 32.2. The number of hydrogen-bond acceptors (Lipinski definition) is 4. The van der Waals surface area contributed by atoms with Gasteiger partial charge in [0.2, 0.25) is 0 Å². The zero-order valence-electron chi connectivity index (χ0n) is 12.9. The maximum atomic E-state index is 12.2. The Morgan fingerprint density at radius 1 is 1.40 bits per heavy atom. The fourth-order valence-electron chi connectivity index (χ4n) is 2.52. The SMILES string of the molecule is CS[C@@H](C1CCCN1C(=O)OC(C)(C)C)[C@H](C)C(=O)O. The molecule has 1 N–H and O–H groups in total. The molecule has 0 aromatic carbocycles. The van der Waals surface area contributed by atoms with Gasteiger partial charge in [-0.05, 0) is 39.9 Å². The third kappa shape index (κ3) is 4.30. The van der Waals surface area contributed by atoms with Crippen LogP contribution >= 0.6 is 11.8 Å². The van der Waals surface area contributed by atoms with Crippen LogP contribution < -0.4 is 0 Å². The number of carbonyl (C=O) groups excluding carboxylic acids is 1. The van der Waals surface area contributed by atoms with Crippen molar-refractivity contribution in [3.8, 4) is 0 Å². The monoisotopic (exact) mass is 303 g/mol. The normalized spacial score (nSPS) is 22.4. The van der Waals surface area contributed by atoms with Gasteiger partial charge in [-0.15, -0.1) is 0 Å². The average Bonchev–Trinajstić information content (AvgIpc) is 2.76. The first kappa shape index (κ1) is 17.1. The Hall–Kier alpha value is -0.910. The third-order valence-corrected chi connectivity index (χ3v) is 4.73. The molecular formula is C14H25NO4S. The van der Waals surface area contributed by atoms with E-state index in [0.717, 1.165) is 12.8 Å². The lowest BCUT2D eigenvalue weighted by molar-refractivity contribution is -0.141. The summed E-state index contributed by atoms with van der Waals surface area (Å²) >= 11 is 1.51. The van der Waals surface area contributed by atoms with E-state index in [2.05, 4.69) is 0 Å². The molecule has 1 amide bonds. The Labute approximate surface area is 125 Å². The average molecular weight is 303 g/mol. The molecule has 116 valence electrons. The number of ether oxygens (including phenoxy) is 1. The smallest absolute Gasteiger partial charge is 0.410 e. The molecule has 0 bridgehead atoms. The minimum Gasteiger partial charge on any atom is -0.481 e. The molecule has 0 aromatic heterocycles. The predicted molar refractivity (Wildman–Crippen MR) is 80.1 cm³/mol. The molecule has 3 atom stereocenters. The van der Waals surface area contributed by atoms with Crippen LogP contribution in [0.15, 0.2) is 0 Å². The second-order valence-corrected chi connectivity index (χ2v) is 7.23. The fraction of sp³-hybridized carbons (Fsp3) is 0.857. The maximum absolute atomic E-state index is 12.2. The summed E-state index contributed by atoms with van der Waals surface area (Å²) in [5.41, 5.74) is -0.530. The van der Waals surface area contributed by atoms with E-state index in [0.29, 0.717) is 6.54 Å². The Morgan fingerprint density at radius 2 is 2.00 bits per heavy atom. The van der Waals surface area contributed by atoms with Crippen molar-refractivity contribution in [3.63, 3.8) is 0 Å². The summed E-state index contributed by atoms with van der Waals surface area (Å²) in [6.45, 7) is 7.85. The van der Waals surface area contributed by atoms with Crippen molar-refractivity contribution < 1.29 is 19.4 Å². The van der Waals surface area contributed by atoms with E-state index in [9.17, 15) is 14.7 Å². The number of carbonyl (C=O) groups is 2. The molecule has 0 aromatic rings. The standard InChI is InChI=1S/C14H25NO4S/c1-9(12(16)17)11(20-5)10-7-6-8-15(10)13(18)19-14(2,3)4/h9-11H,6-8H2,1-5H3,(H,16,17)/t9-,10?,11+/m0/s1. The van der Waals surface area contributed by atoms with E-state index < -0.39 is 17.5 Å². The number of carboxylic acid groups (broad SMARTS) is 1. The van der Waals surface area contributed by atoms with Crippen LogP contribution in [0.5, 0.6) is 0 Å². The molecule has 5 nitrogen and oxygen atoms in total. The number of amides is 1. The van der Waals surface area contributed by atoms with Crippen molar-refractivity contribution in [3.05, 3.63) is 0 Å². The molecule has 6 heteroatoms. The fourth-order valence-corrected chi connectivity index (χ4v) is 3.64. The third-order valence-electron chi connectivity index (χ3n) is 3.46. The second-order valence-electron chi connectivity index (χ2n) is 6.21. The summed E-state index contributed by atoms with van der Waals surface area (Å²) in [5, 5.41) is 9.10. The second kappa shape index (κ2) is 6.70. The minimum absolute atomic E-state index is 0.0639. The van der Waals surface area contributed by atoms with Gasteiger partial charge in [0, 0.05) is 17.8 Å². The van der Waals surface area contributed by atoms with E-state index in [-0.39, 0.29) is 17.4 Å². The van der Waals surface area contributed by atoms with Crippen molar-refractivity contribution in [2.45, 2.75) is 57.4 Å². The summed E-state index contributed by atoms with van der Waals surface area (Å²) < 4.78 is 5.42. The summed E-state index contributed by atoms with van der Waals surface area (Å²) in [4.78, 5) is 25.1. The quantitative estimate of drug-likeness (QED) is 0.865. The van der Waals surface area contributed by atoms with Crippen LogP contribution in [-0.2, 0) is 9.53 Å². The molecule has 1 fully saturated rings. The van der Waals surface area contributed by atoms with Gasteiger partial charge in [-0.1, -0.05) is 6.92 Å². The number of carboxylic acids is 1. The molecule has 1 rings (SSSR count). The highest BCUT2D eigenvalue weighted by Gasteiger charge is 2.40. The Bertz CT molecular complexity index is 367. The van der Waals surface area contributed by atoms with E-state index in [1.807, 2.05) is 27.0 Å². The van der Waals surface area contributed by atoms with Gasteiger partial charge in [-0.3, -0.25) is 4.79 Å². The molecule has 0 aliphatic carbocycles. The van der Waals surface area contributed by atoms with Gasteiger partial charge in [0.15, 0.2) is 0 Å². The van der Waals surface area contributed by atoms with Crippen LogP contribution in [0, 0.1) is 5.92 Å². The first-order valence-corrected chi connectivity index (χ1v) is 8.21. The molecule has 1 aliphatic rings. The van der Waals surface area contributed by atoms with Crippen LogP contribution in [0.3, 0.4) is 0 Å². The van der Waals surface area contributed by atoms with Gasteiger partial charge in [0.05, 0.1) is 5.92 Å². The molecule has 1 saturated heterocycles. The zero-order valence-corrected chi connectivity index (χ0v) is 13.7. The lowest BCUT2D eigenvalue weighted by Gasteiger charge is -2.34. The van der Waals surface area contributed by atoms with E-state index in [4.69, 9.17) is 4.74 Å². The molecule has 1 aliphatic heterocycles. The van der Waals surface area contributed by atoms with Crippen LogP contribution in [0.4, 0.5) is 4.79 Å². The zero-order chi connectivity index (χ0) is 15.5. The molecule has 20 heavy (non-hydrogen) atoms. The Kier molecular flexibility index (Phi) is 5.74. The molecule has 0 radical (unpaired) electrons. The van der Waals surface area contributed by atoms with E-state index in [1.54, 1.807) is 11.8 Å². The van der Waals surface area contributed by atoms with Crippen LogP contribution in [0.1, 0.15) is 40.5 Å². The predicted octanol–water partition coefficient (Wildman–Crippen LogP) is 2.84. The topological polar surface area (TPSA) is 66.8 Å². The number of rotatable bonds is 4. The lowest BCUT2D eigenvalue weighted by Crippen LogP contribution is -2.47. The van der Waals surface area contributed by atoms with Crippen molar-refractivity contribution >= 4 is 23.8 Å². The van der Waals surface area contributed by atoms with Gasteiger partial charge >= 0.3 is 12.1 Å². The molecule has 1 heterocycles. The highest BCUT2D eigenvalue weighted by Crippen LogP contribution is 2.32. The van der Waals surface area contributed by atoms with Crippen molar-refractivity contribution in [1.82, 2.24) is 4.90 Å². The van der Waals surface area contributed by atoms with Crippen LogP contribution in [0.2, 0.25) is 0 Å². The number of nitrogens with zero attached hydrogens (tertiary/aromatic N) is 1. The largest absolute Gasteiger partial charge is 0.481 e. The number of aliphatic carboxylic acids is 1. The summed E-state index contributed by atoms with van der Waals surface area (Å²) in [6, 6.07) is -0.0639. The summed E-state index contributed by atoms with van der Waals surface area (Å²) in [5.74, 6) is -1.31. The van der Waals surface area contributed by atoms with Gasteiger partial charge < -0.3 is 14.7 Å². The van der Waals surface area contributed by atoms with Crippen LogP contribution in [0.25, 0.3) is 0 Å². The molecule has 1 unspecified atom stereocenters. The maximum Gasteiger partial charge on any atom is 0.410 e. The Balaban J connectivity index is 2.82. The van der Waals surface area contributed by atoms with Crippen LogP contribution in [-0.4, -0.2) is 51.8 Å². The summed E-state index contributed by atoms with van der Waals surface area (Å²) in [7, 11) is 0. The number of likely N-dealkylation sites (tertiary alicyclic amines) is 1. The van der Waals surface area contributed by atoms with Crippen molar-refractivity contribution in [2.75, 3.05) is 12.8 Å². The Morgan fingerprint density at radius 3 is 2.45 bits per heavy atom. The number of hydrogen-bond donors (Lipinski definition) is 1. The lowest BCUT2D eigenvalue weighted by atomic mass is 9.99. The van der Waals surface area contributed by atoms with Crippen molar-refractivity contribution in [2.24, 2.45) is 5.92 Å². The van der Waals surface area contributed by atoms with Gasteiger partial charge in [-0.25, -0.2) is 4.79 Å². The van der Waals surface area contributed by atoms with Gasteiger partial charge in [0.25, 0.3) is 0 Å². The highest BCUT2D eigenvalue weighted by molar-refractivity contribution is 7.99. The van der Waals surface area contributed by atoms with Crippen molar-refractivity contribution in [1.29, 1.82) is 0 Å². The molecule has 0 saturated carbocycles. The molecule has 0 spiro atoms. The minimum atomic E-state index is -0.819.